The smallest absolute Gasteiger partial charge is 0.310 e. The van der Waals surface area contributed by atoms with E-state index in [1.807, 2.05) is 37.4 Å². The Morgan fingerprint density at radius 1 is 1.20 bits per heavy atom. The summed E-state index contributed by atoms with van der Waals surface area (Å²) < 4.78 is 20.3. The number of pyridine rings is 1. The number of amides is 1. The fourth-order valence-corrected chi connectivity index (χ4v) is 6.12. The molecule has 4 aromatic heterocycles. The molecule has 1 fully saturated rings. The van der Waals surface area contributed by atoms with E-state index >= 15 is 0 Å². The molecule has 2 N–H and O–H groups in total. The lowest BCUT2D eigenvalue weighted by Gasteiger charge is -2.31. The van der Waals surface area contributed by atoms with Crippen molar-refractivity contribution in [3.63, 3.8) is 0 Å². The molecule has 1 saturated heterocycles. The molecule has 1 unspecified atom stereocenters. The van der Waals surface area contributed by atoms with Crippen molar-refractivity contribution in [1.29, 1.82) is 0 Å². The Bertz CT molecular complexity index is 1920. The molecule has 0 bridgehead atoms. The molecule has 1 amide bonds. The van der Waals surface area contributed by atoms with E-state index in [0.717, 1.165) is 30.6 Å². The molecule has 46 heavy (non-hydrogen) atoms. The lowest BCUT2D eigenvalue weighted by atomic mass is 9.98. The molecule has 14 heteroatoms. The molecule has 0 spiro atoms. The summed E-state index contributed by atoms with van der Waals surface area (Å²) in [5, 5.41) is 16.2. The van der Waals surface area contributed by atoms with Gasteiger partial charge in [0.25, 0.3) is 5.91 Å². The first-order chi connectivity index (χ1) is 22.5. The van der Waals surface area contributed by atoms with Gasteiger partial charge in [0.15, 0.2) is 11.3 Å². The highest BCUT2D eigenvalue weighted by Gasteiger charge is 2.27. The van der Waals surface area contributed by atoms with E-state index in [2.05, 4.69) is 25.6 Å². The number of carbonyl (C=O) groups excluding carboxylic acids is 2. The molecule has 5 aromatic rings. The number of nitrogens with one attached hydrogen (secondary N) is 2. The second-order valence-electron chi connectivity index (χ2n) is 11.2. The van der Waals surface area contributed by atoms with Gasteiger partial charge in [-0.05, 0) is 38.4 Å². The number of hydrogen-bond acceptors (Lipinski definition) is 11. The van der Waals surface area contributed by atoms with Crippen molar-refractivity contribution in [3.8, 4) is 28.4 Å². The summed E-state index contributed by atoms with van der Waals surface area (Å²) in [6, 6.07) is 7.42. The molecule has 0 aliphatic carbocycles. The Kier molecular flexibility index (Phi) is 8.09. The van der Waals surface area contributed by atoms with Crippen LogP contribution in [0, 0.1) is 5.92 Å². The second-order valence-corrected chi connectivity index (χ2v) is 11.2. The van der Waals surface area contributed by atoms with Crippen LogP contribution in [0.4, 0.5) is 5.69 Å². The van der Waals surface area contributed by atoms with E-state index in [-0.39, 0.29) is 23.5 Å². The van der Waals surface area contributed by atoms with E-state index in [0.29, 0.717) is 78.8 Å². The van der Waals surface area contributed by atoms with Crippen molar-refractivity contribution in [2.24, 2.45) is 5.92 Å². The quantitative estimate of drug-likeness (QED) is 0.233. The standard InChI is InChI=1S/C32H35N9O5/c1-3-45-32(43)20-6-4-10-39(19-20)12-8-35-31(42)29-22-17-36-23(21-18-37-40-11-5-7-34-30(21)40)14-25(22)41(38-29)26-16-27-24(15-28(26)44-2)33-9-13-46-27/h5,7,11,14-18,20,33H,3-4,6,8-10,12-13,19H2,1-2H3,(H,35,42). The van der Waals surface area contributed by atoms with E-state index in [9.17, 15) is 9.59 Å². The molecule has 6 heterocycles. The summed E-state index contributed by atoms with van der Waals surface area (Å²) in [6.45, 7) is 5.89. The summed E-state index contributed by atoms with van der Waals surface area (Å²) in [6.07, 6.45) is 8.63. The van der Waals surface area contributed by atoms with Gasteiger partial charge in [0.05, 0.1) is 53.7 Å². The Balaban J connectivity index is 1.22. The number of carbonyl (C=O) groups is 2. The fourth-order valence-electron chi connectivity index (χ4n) is 6.12. The van der Waals surface area contributed by atoms with Crippen LogP contribution in [0.3, 0.4) is 0 Å². The number of nitrogens with zero attached hydrogens (tertiary/aromatic N) is 7. The number of esters is 1. The van der Waals surface area contributed by atoms with E-state index in [1.54, 1.807) is 34.9 Å². The minimum atomic E-state index is -0.329. The van der Waals surface area contributed by atoms with Crippen LogP contribution in [0.1, 0.15) is 30.3 Å². The Morgan fingerprint density at radius 2 is 2.11 bits per heavy atom. The summed E-state index contributed by atoms with van der Waals surface area (Å²) in [5.74, 6) is 0.604. The molecule has 7 rings (SSSR count). The van der Waals surface area contributed by atoms with Gasteiger partial charge in [0, 0.05) is 56.9 Å². The first-order valence-electron chi connectivity index (χ1n) is 15.5. The number of anilines is 1. The number of likely N-dealkylation sites (tertiary alicyclic amines) is 1. The number of fused-ring (bicyclic) bond motifs is 3. The van der Waals surface area contributed by atoms with Crippen LogP contribution in [-0.2, 0) is 9.53 Å². The van der Waals surface area contributed by atoms with Crippen molar-refractivity contribution in [2.75, 3.05) is 58.4 Å². The summed E-state index contributed by atoms with van der Waals surface area (Å²) in [7, 11) is 1.60. The minimum absolute atomic E-state index is 0.140. The Morgan fingerprint density at radius 3 is 2.98 bits per heavy atom. The maximum absolute atomic E-state index is 13.7. The van der Waals surface area contributed by atoms with Gasteiger partial charge < -0.3 is 29.7 Å². The Hall–Kier alpha value is -5.24. The lowest BCUT2D eigenvalue weighted by molar-refractivity contribution is -0.149. The molecule has 14 nitrogen and oxygen atoms in total. The SMILES string of the molecule is CCOC(=O)C1CCCN(CCNC(=O)c2nn(-c3cc4c(cc3OC)NCCO4)c3cc(-c4cnn5cccnc45)ncc23)C1. The van der Waals surface area contributed by atoms with Crippen molar-refractivity contribution >= 4 is 34.1 Å². The highest BCUT2D eigenvalue weighted by Crippen LogP contribution is 2.38. The van der Waals surface area contributed by atoms with E-state index in [4.69, 9.17) is 24.3 Å². The number of piperidine rings is 1. The van der Waals surface area contributed by atoms with Gasteiger partial charge in [0.2, 0.25) is 0 Å². The minimum Gasteiger partial charge on any atom is -0.494 e. The first kappa shape index (κ1) is 29.5. The zero-order chi connectivity index (χ0) is 31.6. The van der Waals surface area contributed by atoms with Gasteiger partial charge in [-0.25, -0.2) is 14.2 Å². The predicted octanol–water partition coefficient (Wildman–Crippen LogP) is 2.95. The molecular weight excluding hydrogens is 590 g/mol. The van der Waals surface area contributed by atoms with Crippen molar-refractivity contribution < 1.29 is 23.8 Å². The summed E-state index contributed by atoms with van der Waals surface area (Å²) in [4.78, 5) is 37.3. The third-order valence-corrected chi connectivity index (χ3v) is 8.36. The largest absolute Gasteiger partial charge is 0.494 e. The van der Waals surface area contributed by atoms with Crippen molar-refractivity contribution in [1.82, 2.24) is 39.6 Å². The van der Waals surface area contributed by atoms with Crippen LogP contribution in [0.25, 0.3) is 33.5 Å². The summed E-state index contributed by atoms with van der Waals surface area (Å²) in [5.41, 5.74) is 4.35. The number of ether oxygens (including phenoxy) is 3. The maximum Gasteiger partial charge on any atom is 0.310 e. The van der Waals surface area contributed by atoms with Crippen LogP contribution >= 0.6 is 0 Å². The third-order valence-electron chi connectivity index (χ3n) is 8.36. The number of benzene rings is 1. The van der Waals surface area contributed by atoms with Crippen LogP contribution in [0.15, 0.2) is 49.1 Å². The number of aromatic nitrogens is 6. The fraction of sp³-hybridized carbons (Fsp3) is 0.375. The lowest BCUT2D eigenvalue weighted by Crippen LogP contribution is -2.43. The normalized spacial score (nSPS) is 16.4. The second kappa shape index (κ2) is 12.6. The predicted molar refractivity (Wildman–Crippen MR) is 170 cm³/mol. The third kappa shape index (κ3) is 5.55. The highest BCUT2D eigenvalue weighted by molar-refractivity contribution is 6.05. The zero-order valence-electron chi connectivity index (χ0n) is 25.7. The molecule has 2 aliphatic rings. The average molecular weight is 626 g/mol. The summed E-state index contributed by atoms with van der Waals surface area (Å²) >= 11 is 0. The molecule has 1 atom stereocenters. The molecule has 1 aromatic carbocycles. The van der Waals surface area contributed by atoms with Crippen LogP contribution < -0.4 is 20.1 Å². The Labute approximate surface area is 264 Å². The van der Waals surface area contributed by atoms with Gasteiger partial charge in [0.1, 0.15) is 23.8 Å². The van der Waals surface area contributed by atoms with Crippen molar-refractivity contribution in [3.05, 3.63) is 54.7 Å². The number of hydrogen-bond donors (Lipinski definition) is 2. The van der Waals surface area contributed by atoms with E-state index in [1.165, 1.54) is 0 Å². The van der Waals surface area contributed by atoms with Crippen molar-refractivity contribution in [2.45, 2.75) is 19.8 Å². The molecule has 0 radical (unpaired) electrons. The maximum atomic E-state index is 13.7. The monoisotopic (exact) mass is 625 g/mol. The average Bonchev–Trinajstić information content (AvgIpc) is 3.70. The van der Waals surface area contributed by atoms with E-state index < -0.39 is 0 Å². The van der Waals surface area contributed by atoms with Gasteiger partial charge in [-0.1, -0.05) is 0 Å². The first-order valence-corrected chi connectivity index (χ1v) is 15.5. The number of rotatable bonds is 9. The number of methoxy groups -OCH3 is 1. The zero-order valence-corrected chi connectivity index (χ0v) is 25.7. The van der Waals surface area contributed by atoms with Gasteiger partial charge in [-0.3, -0.25) is 14.6 Å². The van der Waals surface area contributed by atoms with Crippen LogP contribution in [0.5, 0.6) is 11.5 Å². The van der Waals surface area contributed by atoms with Crippen LogP contribution in [0.2, 0.25) is 0 Å². The molecule has 0 saturated carbocycles. The molecular formula is C32H35N9O5. The molecule has 238 valence electrons. The van der Waals surface area contributed by atoms with Gasteiger partial charge in [-0.2, -0.15) is 10.2 Å². The topological polar surface area (TPSA) is 150 Å². The van der Waals surface area contributed by atoms with Crippen LogP contribution in [-0.4, -0.2) is 99.2 Å². The molecule has 2 aliphatic heterocycles. The van der Waals surface area contributed by atoms with Gasteiger partial charge >= 0.3 is 5.97 Å². The highest BCUT2D eigenvalue weighted by atomic mass is 16.5. The van der Waals surface area contributed by atoms with Gasteiger partial charge in [-0.15, -0.1) is 0 Å².